The topological polar surface area (TPSA) is 143 Å². The number of aromatic nitrogens is 2. The smallest absolute Gasteiger partial charge is 0.292 e. The van der Waals surface area contributed by atoms with E-state index in [0.29, 0.717) is 6.42 Å². The van der Waals surface area contributed by atoms with E-state index in [2.05, 4.69) is 20.8 Å². The van der Waals surface area contributed by atoms with Crippen LogP contribution in [0.3, 0.4) is 0 Å². The second-order valence-electron chi connectivity index (χ2n) is 10.8. The maximum absolute atomic E-state index is 14.1. The summed E-state index contributed by atoms with van der Waals surface area (Å²) >= 11 is 0. The molecule has 3 amide bonds. The number of hydrogen-bond donors (Lipinski definition) is 3. The highest BCUT2D eigenvalue weighted by molar-refractivity contribution is 5.93. The van der Waals surface area contributed by atoms with Crippen LogP contribution in [0.1, 0.15) is 47.5 Å². The van der Waals surface area contributed by atoms with Crippen molar-refractivity contribution in [2.24, 2.45) is 5.73 Å². The lowest BCUT2D eigenvalue weighted by Gasteiger charge is -2.30. The Morgan fingerprint density at radius 3 is 2.36 bits per heavy atom. The van der Waals surface area contributed by atoms with Gasteiger partial charge in [-0.15, -0.1) is 0 Å². The maximum Gasteiger partial charge on any atom is 0.292 e. The van der Waals surface area contributed by atoms with E-state index in [9.17, 15) is 14.4 Å². The fraction of sp³-hybridized carbons (Fsp3) is 0.281. The van der Waals surface area contributed by atoms with Crippen LogP contribution in [-0.2, 0) is 22.4 Å². The zero-order valence-corrected chi connectivity index (χ0v) is 24.2. The molecule has 10 heteroatoms. The normalized spacial score (nSPS) is 13.1. The third kappa shape index (κ3) is 7.88. The number of carbonyl (C=O) groups is 3. The first-order valence-electron chi connectivity index (χ1n) is 13.7. The van der Waals surface area contributed by atoms with Crippen molar-refractivity contribution in [1.29, 1.82) is 0 Å². The van der Waals surface area contributed by atoms with Gasteiger partial charge in [0.25, 0.3) is 11.7 Å². The Morgan fingerprint density at radius 1 is 0.976 bits per heavy atom. The van der Waals surface area contributed by atoms with Gasteiger partial charge >= 0.3 is 0 Å². The zero-order chi connectivity index (χ0) is 30.3. The molecule has 0 aliphatic rings. The van der Waals surface area contributed by atoms with Gasteiger partial charge in [0.15, 0.2) is 0 Å². The van der Waals surface area contributed by atoms with E-state index in [1.54, 1.807) is 27.0 Å². The molecule has 218 valence electrons. The lowest BCUT2D eigenvalue weighted by Crippen LogP contribution is -2.49. The van der Waals surface area contributed by atoms with Crippen molar-refractivity contribution < 1.29 is 18.9 Å². The number of amides is 3. The Hall–Kier alpha value is -4.83. The van der Waals surface area contributed by atoms with Crippen LogP contribution in [0.15, 0.2) is 89.5 Å². The number of nitrogens with zero attached hydrogens (tertiary/aromatic N) is 3. The molecular formula is C32H36N6O4. The van der Waals surface area contributed by atoms with Gasteiger partial charge in [0, 0.05) is 38.6 Å². The average Bonchev–Trinajstić information content (AvgIpc) is 3.47. The Bertz CT molecular complexity index is 1570. The van der Waals surface area contributed by atoms with E-state index >= 15 is 0 Å². The van der Waals surface area contributed by atoms with Crippen molar-refractivity contribution in [3.63, 3.8) is 0 Å². The highest BCUT2D eigenvalue weighted by atomic mass is 16.5. The second-order valence-corrected chi connectivity index (χ2v) is 10.8. The summed E-state index contributed by atoms with van der Waals surface area (Å²) in [6, 6.07) is 21.8. The molecule has 0 spiro atoms. The number of rotatable bonds is 11. The molecule has 4 aromatic rings. The van der Waals surface area contributed by atoms with Gasteiger partial charge in [-0.05, 0) is 35.7 Å². The summed E-state index contributed by atoms with van der Waals surface area (Å²) in [6.07, 6.45) is 3.51. The number of carbonyl (C=O) groups excluding carboxylic acids is 3. The van der Waals surface area contributed by atoms with Gasteiger partial charge in [-0.25, -0.2) is 0 Å². The molecule has 2 atom stereocenters. The number of nitrogens with one attached hydrogen (secondary N) is 2. The summed E-state index contributed by atoms with van der Waals surface area (Å²) in [4.78, 5) is 45.0. The van der Waals surface area contributed by atoms with E-state index in [-0.39, 0.29) is 24.0 Å². The summed E-state index contributed by atoms with van der Waals surface area (Å²) in [7, 11) is 3.09. The molecule has 0 bridgehead atoms. The van der Waals surface area contributed by atoms with Crippen LogP contribution in [0.5, 0.6) is 0 Å². The molecule has 0 saturated heterocycles. The number of nitrogens with two attached hydrogens (primary N) is 1. The van der Waals surface area contributed by atoms with Crippen LogP contribution in [0, 0.1) is 0 Å². The fourth-order valence-electron chi connectivity index (χ4n) is 4.51. The highest BCUT2D eigenvalue weighted by Gasteiger charge is 2.33. The first-order chi connectivity index (χ1) is 20.0. The van der Waals surface area contributed by atoms with E-state index in [1.807, 2.05) is 72.8 Å². The molecule has 1 unspecified atom stereocenters. The minimum Gasteiger partial charge on any atom is -0.352 e. The molecule has 0 fully saturated rings. The molecule has 42 heavy (non-hydrogen) atoms. The molecular weight excluding hydrogens is 532 g/mol. The first-order valence-corrected chi connectivity index (χ1v) is 13.7. The van der Waals surface area contributed by atoms with Gasteiger partial charge in [0.05, 0.1) is 0 Å². The fourth-order valence-corrected chi connectivity index (χ4v) is 4.51. The zero-order valence-electron chi connectivity index (χ0n) is 24.2. The van der Waals surface area contributed by atoms with E-state index in [4.69, 9.17) is 10.3 Å². The summed E-state index contributed by atoms with van der Waals surface area (Å²) in [5.41, 5.74) is 7.11. The third-order valence-corrected chi connectivity index (χ3v) is 6.78. The minimum atomic E-state index is -0.922. The number of hydrogen-bond acceptors (Lipinski definition) is 7. The van der Waals surface area contributed by atoms with Crippen LogP contribution in [0.2, 0.25) is 0 Å². The van der Waals surface area contributed by atoms with Crippen molar-refractivity contribution in [1.82, 2.24) is 25.7 Å². The minimum absolute atomic E-state index is 0.105. The molecule has 10 nitrogen and oxygen atoms in total. The van der Waals surface area contributed by atoms with Crippen molar-refractivity contribution in [2.45, 2.75) is 44.3 Å². The SMILES string of the molecule is CNC(=O)c1noc([C@@H](Cc2ccccc2)N(C)C(=O)C(Cc2ccc3ccccc3c2)NC(=O)C=CC(C)(C)N)n1. The number of fused-ring (bicyclic) bond motifs is 1. The predicted molar refractivity (Wildman–Crippen MR) is 160 cm³/mol. The summed E-state index contributed by atoms with van der Waals surface area (Å²) in [5, 5.41) is 11.2. The van der Waals surface area contributed by atoms with Crippen molar-refractivity contribution >= 4 is 28.5 Å². The molecule has 0 radical (unpaired) electrons. The van der Waals surface area contributed by atoms with Crippen LogP contribution in [0.25, 0.3) is 10.8 Å². The van der Waals surface area contributed by atoms with Gasteiger partial charge < -0.3 is 25.8 Å². The van der Waals surface area contributed by atoms with Crippen LogP contribution < -0.4 is 16.4 Å². The maximum atomic E-state index is 14.1. The lowest BCUT2D eigenvalue weighted by molar-refractivity contribution is -0.137. The van der Waals surface area contributed by atoms with E-state index in [0.717, 1.165) is 21.9 Å². The molecule has 1 heterocycles. The largest absolute Gasteiger partial charge is 0.352 e. The summed E-state index contributed by atoms with van der Waals surface area (Å²) in [5.74, 6) is -1.35. The lowest BCUT2D eigenvalue weighted by atomic mass is 9.99. The molecule has 1 aromatic heterocycles. The molecule has 0 aliphatic carbocycles. The summed E-state index contributed by atoms with van der Waals surface area (Å²) in [6.45, 7) is 3.54. The second kappa shape index (κ2) is 13.2. The molecule has 0 saturated carbocycles. The Morgan fingerprint density at radius 2 is 1.67 bits per heavy atom. The molecule has 4 N–H and O–H groups in total. The Kier molecular flexibility index (Phi) is 9.49. The van der Waals surface area contributed by atoms with Crippen molar-refractivity contribution in [2.75, 3.05) is 14.1 Å². The Balaban J connectivity index is 1.67. The van der Waals surface area contributed by atoms with Crippen LogP contribution in [0.4, 0.5) is 0 Å². The molecule has 4 rings (SSSR count). The van der Waals surface area contributed by atoms with Crippen molar-refractivity contribution in [3.8, 4) is 0 Å². The average molecular weight is 569 g/mol. The monoisotopic (exact) mass is 568 g/mol. The quantitative estimate of drug-likeness (QED) is 0.236. The van der Waals surface area contributed by atoms with Crippen molar-refractivity contribution in [3.05, 3.63) is 108 Å². The summed E-state index contributed by atoms with van der Waals surface area (Å²) < 4.78 is 5.47. The first kappa shape index (κ1) is 30.1. The van der Waals surface area contributed by atoms with Gasteiger partial charge in [0.2, 0.25) is 17.7 Å². The van der Waals surface area contributed by atoms with Gasteiger partial charge in [-0.2, -0.15) is 4.98 Å². The standard InChI is InChI=1S/C32H36N6O4/c1-32(2,33)17-16-27(39)35-25(19-22-14-15-23-12-8-9-13-24(23)18-22)31(41)38(4)26(20-21-10-6-5-7-11-21)30-36-28(37-42-30)29(40)34-3/h5-18,25-26H,19-20,33H2,1-4H3,(H,34,40)(H,35,39)/t25?,26-/m1/s1. The predicted octanol–water partition coefficient (Wildman–Crippen LogP) is 3.35. The van der Waals surface area contributed by atoms with Gasteiger partial charge in [-0.1, -0.05) is 84.0 Å². The van der Waals surface area contributed by atoms with Crippen LogP contribution in [-0.4, -0.2) is 58.4 Å². The van der Waals surface area contributed by atoms with Gasteiger partial charge in [-0.3, -0.25) is 14.4 Å². The molecule has 3 aromatic carbocycles. The van der Waals surface area contributed by atoms with E-state index < -0.39 is 29.4 Å². The highest BCUT2D eigenvalue weighted by Crippen LogP contribution is 2.25. The third-order valence-electron chi connectivity index (χ3n) is 6.78. The van der Waals surface area contributed by atoms with Crippen LogP contribution >= 0.6 is 0 Å². The molecule has 0 aliphatic heterocycles. The number of likely N-dealkylation sites (N-methyl/N-ethyl adjacent to an activating group) is 1. The number of benzene rings is 3. The Labute approximate surface area is 245 Å². The van der Waals surface area contributed by atoms with E-state index in [1.165, 1.54) is 18.0 Å². The van der Waals surface area contributed by atoms with Gasteiger partial charge in [0.1, 0.15) is 12.1 Å².